The molecule has 0 amide bonds. The van der Waals surface area contributed by atoms with Gasteiger partial charge in [-0.3, -0.25) is 0 Å². The second-order valence-corrected chi connectivity index (χ2v) is 8.65. The third kappa shape index (κ3) is 21.7. The monoisotopic (exact) mass is 2770 g/mol. The minimum Gasteiger partial charge on any atom is -0.394 e. The van der Waals surface area contributed by atoms with Crippen LogP contribution in [0.5, 0.6) is 0 Å². The first-order chi connectivity index (χ1) is 16.0. The van der Waals surface area contributed by atoms with Crippen molar-refractivity contribution in [2.24, 2.45) is 0 Å². The van der Waals surface area contributed by atoms with Gasteiger partial charge in [-0.05, 0) is 6.92 Å². The fraction of sp³-hybridized carbons (Fsp3) is 1.00. The molecule has 0 aliphatic carbocycles. The first-order valence-electron chi connectivity index (χ1n) is 10.9. The molecule has 0 aromatic carbocycles. The maximum atomic E-state index is 10.6. The van der Waals surface area contributed by atoms with Crippen molar-refractivity contribution in [2.45, 2.75) is 98.9 Å². The smallest absolute Gasteiger partial charge is 0.187 e. The molecule has 3 rings (SSSR count). The first-order valence-corrected chi connectivity index (χ1v) is 10.9. The summed E-state index contributed by atoms with van der Waals surface area (Å²) in [4.78, 5) is 0. The van der Waals surface area contributed by atoms with Crippen LogP contribution in [0.15, 0.2) is 0 Å². The molecular weight excluding hydrogens is 2740 g/mol. The first kappa shape index (κ1) is 75.2. The summed E-state index contributed by atoms with van der Waals surface area (Å²) in [5, 5.41) is 100. The van der Waals surface area contributed by atoms with Gasteiger partial charge in [-0.2, -0.15) is 0 Å². The molecule has 3 fully saturated rings. The van der Waals surface area contributed by atoms with Crippen LogP contribution in [0.3, 0.4) is 0 Å². The van der Waals surface area contributed by atoms with Crippen LogP contribution in [-0.2, 0) is 23.7 Å². The average Bonchev–Trinajstić information content (AvgIpc) is 2.83. The van der Waals surface area contributed by atoms with Crippen LogP contribution in [0.25, 0.3) is 0 Å². The van der Waals surface area contributed by atoms with Gasteiger partial charge in [0.1, 0.15) is 73.2 Å². The molecule has 10 radical (unpaired) electrons. The van der Waals surface area contributed by atoms with E-state index in [0.717, 1.165) is 0 Å². The Morgan fingerprint density at radius 3 is 1.11 bits per heavy atom. The quantitative estimate of drug-likeness (QED) is 0.114. The molecule has 230 valence electrons. The number of rotatable bonds is 7. The van der Waals surface area contributed by atoms with Crippen LogP contribution in [0.4, 0.5) is 0 Å². The number of ether oxygens (including phenoxy) is 5. The van der Waals surface area contributed by atoms with Crippen LogP contribution in [0.2, 0.25) is 0 Å². The maximum absolute atomic E-state index is 10.6. The molecule has 3 aliphatic heterocycles. The summed E-state index contributed by atoms with van der Waals surface area (Å²) < 4.78 is 27.1. The molecule has 0 aromatic rings. The largest absolute Gasteiger partial charge is 0.394 e. The molecule has 0 spiro atoms. The van der Waals surface area contributed by atoms with E-state index in [1.165, 1.54) is 6.92 Å². The summed E-state index contributed by atoms with van der Waals surface area (Å²) in [6.45, 7) is -0.626. The predicted molar refractivity (Wildman–Crippen MR) is 105 cm³/mol. The zero-order valence-corrected chi connectivity index (χ0v) is 71.5. The van der Waals surface area contributed by atoms with Crippen LogP contribution in [-0.4, -0.2) is 163 Å². The minimum atomic E-state index is -1.85. The molecule has 3 heterocycles. The van der Waals surface area contributed by atoms with Gasteiger partial charge < -0.3 is 74.7 Å². The summed E-state index contributed by atoms with van der Waals surface area (Å²) in [5.74, 6) is 0. The Bertz CT molecular complexity index is 669. The molecule has 15 atom stereocenters. The average molecular weight is 2770 g/mol. The van der Waals surface area contributed by atoms with Crippen LogP contribution in [0, 0.1) is 441 Å². The predicted octanol–water partition coefficient (Wildman–Crippen LogP) is -6.50. The van der Waals surface area contributed by atoms with E-state index in [9.17, 15) is 51.1 Å². The zero-order chi connectivity index (χ0) is 25.3. The van der Waals surface area contributed by atoms with Gasteiger partial charge in [0.15, 0.2) is 12.6 Å². The van der Waals surface area contributed by atoms with Crippen LogP contribution >= 0.6 is 0 Å². The second kappa shape index (κ2) is 39.6. The number of hydrogen-bond donors (Lipinski definition) is 10. The Balaban J connectivity index is -0.000000216. The van der Waals surface area contributed by atoms with Gasteiger partial charge in [0.25, 0.3) is 0 Å². The van der Waals surface area contributed by atoms with Gasteiger partial charge in [-0.25, -0.2) is 0 Å². The molecule has 44 heavy (non-hydrogen) atoms. The maximum Gasteiger partial charge on any atom is 0.187 e. The summed E-state index contributed by atoms with van der Waals surface area (Å²) >= 11 is 0. The van der Waals surface area contributed by atoms with Gasteiger partial charge >= 0.3 is 0 Å². The number of aliphatic hydroxyl groups is 10. The van der Waals surface area contributed by atoms with Gasteiger partial charge in [0, 0.05) is 441 Å². The topological polar surface area (TPSA) is 248 Å². The molecule has 0 aromatic heterocycles. The van der Waals surface area contributed by atoms with Crippen molar-refractivity contribution in [2.75, 3.05) is 19.8 Å². The molecule has 15 nitrogen and oxygen atoms in total. The van der Waals surface area contributed by atoms with Crippen molar-refractivity contribution >= 4 is 0 Å². The second-order valence-electron chi connectivity index (χ2n) is 8.65. The van der Waals surface area contributed by atoms with E-state index >= 15 is 0 Å². The Morgan fingerprint density at radius 2 is 0.727 bits per heavy atom. The van der Waals surface area contributed by atoms with Crippen LogP contribution < -0.4 is 0 Å². The summed E-state index contributed by atoms with van der Waals surface area (Å²) in [5.41, 5.74) is 0. The third-order valence-corrected chi connectivity index (χ3v) is 6.35. The van der Waals surface area contributed by atoms with Gasteiger partial charge in [-0.1, -0.05) is 0 Å². The van der Waals surface area contributed by atoms with Crippen molar-refractivity contribution in [1.29, 1.82) is 0 Å². The fourth-order valence-electron chi connectivity index (χ4n) is 4.26. The molecule has 0 saturated carbocycles. The van der Waals surface area contributed by atoms with E-state index < -0.39 is 112 Å². The van der Waals surface area contributed by atoms with Crippen molar-refractivity contribution in [3.8, 4) is 0 Å². The van der Waals surface area contributed by atoms with E-state index in [-0.39, 0.29) is 441 Å². The molecule has 3 saturated heterocycles. The molecule has 3 aliphatic rings. The van der Waals surface area contributed by atoms with Gasteiger partial charge in [0.2, 0.25) is 0 Å². The normalized spacial score (nSPS) is 40.6. The SMILES string of the molecule is C[C@@H]1OC(CO)[C@H](O[C@@H]2OC(CO)[C@H](O[C@@H]3OC(CO)[C@H](O)[C@H](O)C3O)[C@H](O)C2O)[C@H](O)C1O.[Ac].[Ac].[Ac].[Ac].[Ac].[Ac].[Ac].[Ac].[Ac].[Ac]. The Hall–Kier alpha value is 13.8. The third-order valence-electron chi connectivity index (χ3n) is 6.35. The Labute approximate surface area is 614 Å². The summed E-state index contributed by atoms with van der Waals surface area (Å²) in [7, 11) is 0. The van der Waals surface area contributed by atoms with E-state index in [0.29, 0.717) is 0 Å². The van der Waals surface area contributed by atoms with Crippen molar-refractivity contribution in [3.63, 3.8) is 0 Å². The Kier molecular flexibility index (Phi) is 67.8. The van der Waals surface area contributed by atoms with E-state index in [2.05, 4.69) is 0 Å². The minimum absolute atomic E-state index is 0. The van der Waals surface area contributed by atoms with Crippen molar-refractivity contribution < 1.29 is 515 Å². The van der Waals surface area contributed by atoms with Crippen LogP contribution in [0.1, 0.15) is 6.92 Å². The molecule has 10 N–H and O–H groups in total. The van der Waals surface area contributed by atoms with E-state index in [1.807, 2.05) is 0 Å². The molecule has 6 unspecified atom stereocenters. The molecule has 25 heteroatoms. The number of aliphatic hydroxyl groups excluding tert-OH is 10. The molecular formula is C19H34Ac10O15. The van der Waals surface area contributed by atoms with E-state index in [1.54, 1.807) is 0 Å². The van der Waals surface area contributed by atoms with Crippen molar-refractivity contribution in [1.82, 2.24) is 0 Å². The molecule has 0 bridgehead atoms. The summed E-state index contributed by atoms with van der Waals surface area (Å²) in [6, 6.07) is 0. The standard InChI is InChI=1S/C19H34O15.10Ac/c1-5-9(23)12(26)16(7(3-21)30-5)33-19-15(29)13(27)17(8(4-22)32-19)34-18-14(28)11(25)10(24)6(2-20)31-18;;;;;;;;;;/h5-29H,2-4H2,1H3;;;;;;;;;;/t5-,6?,7?,8?,9?,10-,11-,12+,13+,14?,15?,16-,17-,18-,19-;;;;;;;;;;/m0........../s1. The Morgan fingerprint density at radius 1 is 0.409 bits per heavy atom. The number of hydrogen-bond acceptors (Lipinski definition) is 15. The summed E-state index contributed by atoms with van der Waals surface area (Å²) in [6.07, 6.45) is -22.6. The van der Waals surface area contributed by atoms with Gasteiger partial charge in [0.05, 0.1) is 25.9 Å². The van der Waals surface area contributed by atoms with E-state index in [4.69, 9.17) is 23.7 Å². The zero-order valence-electron chi connectivity index (χ0n) is 24.1. The van der Waals surface area contributed by atoms with Crippen molar-refractivity contribution in [3.05, 3.63) is 0 Å². The fourth-order valence-corrected chi connectivity index (χ4v) is 4.26. The van der Waals surface area contributed by atoms with Gasteiger partial charge in [-0.15, -0.1) is 0 Å².